The van der Waals surface area contributed by atoms with Gasteiger partial charge in [-0.2, -0.15) is 0 Å². The van der Waals surface area contributed by atoms with Gasteiger partial charge < -0.3 is 16.8 Å². The Morgan fingerprint density at radius 3 is 2.84 bits per heavy atom. The molecule has 0 aliphatic carbocycles. The molecule has 0 unspecified atom stereocenters. The van der Waals surface area contributed by atoms with E-state index in [0.29, 0.717) is 12.1 Å². The van der Waals surface area contributed by atoms with E-state index in [1.807, 2.05) is 24.3 Å². The largest absolute Gasteiger partial charge is 0.396 e. The van der Waals surface area contributed by atoms with Crippen molar-refractivity contribution >= 4 is 28.2 Å². The number of hydrogen-bond acceptors (Lipinski definition) is 4. The monoisotopic (exact) mass is 258 g/mol. The van der Waals surface area contributed by atoms with Gasteiger partial charge in [0.05, 0.1) is 23.1 Å². The fourth-order valence-corrected chi connectivity index (χ4v) is 1.99. The van der Waals surface area contributed by atoms with Crippen molar-refractivity contribution in [2.45, 2.75) is 19.3 Å². The van der Waals surface area contributed by atoms with Gasteiger partial charge in [-0.3, -0.25) is 9.78 Å². The van der Waals surface area contributed by atoms with Gasteiger partial charge >= 0.3 is 0 Å². The zero-order chi connectivity index (χ0) is 13.7. The number of carbonyl (C=O) groups excluding carboxylic acids is 1. The molecular weight excluding hydrogens is 240 g/mol. The van der Waals surface area contributed by atoms with Gasteiger partial charge in [-0.25, -0.2) is 0 Å². The number of pyridine rings is 1. The number of nitrogens with zero attached hydrogens (tertiary/aromatic N) is 1. The van der Waals surface area contributed by atoms with E-state index in [4.69, 9.17) is 11.5 Å². The summed E-state index contributed by atoms with van der Waals surface area (Å²) in [5, 5.41) is 4.32. The van der Waals surface area contributed by atoms with Crippen molar-refractivity contribution in [2.24, 2.45) is 5.73 Å². The summed E-state index contributed by atoms with van der Waals surface area (Å²) in [7, 11) is 0. The highest BCUT2D eigenvalue weighted by Gasteiger charge is 2.05. The van der Waals surface area contributed by atoms with E-state index in [2.05, 4.69) is 10.3 Å². The predicted molar refractivity (Wildman–Crippen MR) is 77.7 cm³/mol. The number of nitrogen functional groups attached to an aromatic ring is 1. The fourth-order valence-electron chi connectivity index (χ4n) is 1.99. The van der Waals surface area contributed by atoms with Gasteiger partial charge in [0.1, 0.15) is 0 Å². The second-order valence-corrected chi connectivity index (χ2v) is 4.46. The van der Waals surface area contributed by atoms with Crippen LogP contribution in [0.5, 0.6) is 0 Å². The molecule has 0 aliphatic heterocycles. The molecular formula is C14H18N4O. The molecule has 0 aliphatic rings. The summed E-state index contributed by atoms with van der Waals surface area (Å²) in [5.41, 5.74) is 13.5. The lowest BCUT2D eigenvalue weighted by atomic mass is 10.1. The number of amides is 1. The quantitative estimate of drug-likeness (QED) is 0.689. The average molecular weight is 258 g/mol. The van der Waals surface area contributed by atoms with Gasteiger partial charge in [0.2, 0.25) is 5.91 Å². The Bertz CT molecular complexity index is 583. The Labute approximate surface area is 112 Å². The molecule has 5 nitrogen and oxygen atoms in total. The molecule has 0 saturated carbocycles. The maximum Gasteiger partial charge on any atom is 0.217 e. The number of nitrogens with one attached hydrogen (secondary N) is 1. The minimum atomic E-state index is -0.256. The second-order valence-electron chi connectivity index (χ2n) is 4.46. The molecule has 1 aromatic heterocycles. The molecule has 0 atom stereocenters. The molecule has 0 saturated heterocycles. The smallest absolute Gasteiger partial charge is 0.217 e. The van der Waals surface area contributed by atoms with Crippen molar-refractivity contribution in [1.82, 2.24) is 4.98 Å². The molecule has 5 heteroatoms. The Morgan fingerprint density at radius 2 is 2.05 bits per heavy atom. The van der Waals surface area contributed by atoms with Crippen LogP contribution >= 0.6 is 0 Å². The van der Waals surface area contributed by atoms with Crippen molar-refractivity contribution in [3.05, 3.63) is 30.5 Å². The van der Waals surface area contributed by atoms with Gasteiger partial charge in [-0.15, -0.1) is 0 Å². The van der Waals surface area contributed by atoms with Crippen LogP contribution in [-0.4, -0.2) is 17.4 Å². The van der Waals surface area contributed by atoms with E-state index in [1.165, 1.54) is 0 Å². The minimum absolute atomic E-state index is 0.256. The van der Waals surface area contributed by atoms with Crippen LogP contribution in [0.3, 0.4) is 0 Å². The van der Waals surface area contributed by atoms with Gasteiger partial charge in [-0.1, -0.05) is 18.2 Å². The predicted octanol–water partition coefficient (Wildman–Crippen LogP) is 1.88. The molecule has 0 bridgehead atoms. The lowest BCUT2D eigenvalue weighted by Gasteiger charge is -2.11. The van der Waals surface area contributed by atoms with Crippen LogP contribution in [0.4, 0.5) is 11.4 Å². The maximum absolute atomic E-state index is 10.6. The Hall–Kier alpha value is -2.30. The van der Waals surface area contributed by atoms with E-state index in [1.54, 1.807) is 6.20 Å². The van der Waals surface area contributed by atoms with Crippen LogP contribution in [0.1, 0.15) is 19.3 Å². The Kier molecular flexibility index (Phi) is 4.18. The minimum Gasteiger partial charge on any atom is -0.396 e. The first-order valence-corrected chi connectivity index (χ1v) is 6.34. The summed E-state index contributed by atoms with van der Waals surface area (Å²) >= 11 is 0. The number of hydrogen-bond donors (Lipinski definition) is 3. The molecule has 5 N–H and O–H groups in total. The Balaban J connectivity index is 2.03. The van der Waals surface area contributed by atoms with Gasteiger partial charge in [-0.05, 0) is 18.9 Å². The summed E-state index contributed by atoms with van der Waals surface area (Å²) in [5.74, 6) is -0.256. The number of primary amides is 1. The number of nitrogens with two attached hydrogens (primary N) is 2. The maximum atomic E-state index is 10.6. The fraction of sp³-hybridized carbons (Fsp3) is 0.286. The van der Waals surface area contributed by atoms with E-state index in [0.717, 1.165) is 36.0 Å². The molecule has 1 aromatic carbocycles. The van der Waals surface area contributed by atoms with Crippen LogP contribution in [0, 0.1) is 0 Å². The molecule has 0 radical (unpaired) electrons. The molecule has 2 rings (SSSR count). The summed E-state index contributed by atoms with van der Waals surface area (Å²) in [6.07, 6.45) is 3.74. The van der Waals surface area contributed by atoms with Gasteiger partial charge in [0.15, 0.2) is 0 Å². The summed E-state index contributed by atoms with van der Waals surface area (Å²) in [6.45, 7) is 0.755. The third kappa shape index (κ3) is 3.34. The number of anilines is 2. The second kappa shape index (κ2) is 6.04. The first kappa shape index (κ1) is 13.1. The van der Waals surface area contributed by atoms with E-state index < -0.39 is 0 Å². The zero-order valence-electron chi connectivity index (χ0n) is 10.7. The number of fused-ring (bicyclic) bond motifs is 1. The summed E-state index contributed by atoms with van der Waals surface area (Å²) in [4.78, 5) is 14.9. The van der Waals surface area contributed by atoms with Crippen molar-refractivity contribution in [1.29, 1.82) is 0 Å². The number of carbonyl (C=O) groups is 1. The highest BCUT2D eigenvalue weighted by atomic mass is 16.1. The van der Waals surface area contributed by atoms with Crippen LogP contribution in [0.15, 0.2) is 30.5 Å². The van der Waals surface area contributed by atoms with E-state index in [-0.39, 0.29) is 5.91 Å². The third-order valence-corrected chi connectivity index (χ3v) is 2.96. The number of para-hydroxylation sites is 1. The van der Waals surface area contributed by atoms with Crippen LogP contribution in [-0.2, 0) is 4.79 Å². The third-order valence-electron chi connectivity index (χ3n) is 2.96. The lowest BCUT2D eigenvalue weighted by Crippen LogP contribution is -2.11. The molecule has 2 aromatic rings. The highest BCUT2D eigenvalue weighted by molar-refractivity contribution is 5.96. The highest BCUT2D eigenvalue weighted by Crippen LogP contribution is 2.27. The molecule has 0 spiro atoms. The number of unbranched alkanes of at least 4 members (excludes halogenated alkanes) is 1. The molecule has 1 heterocycles. The zero-order valence-corrected chi connectivity index (χ0v) is 10.7. The standard InChI is InChI=1S/C14H18N4O/c15-11-9-18-12-6-2-1-5-10(12)14(11)17-8-4-3-7-13(16)19/h1-2,5-6,9H,3-4,7-8,15H2,(H2,16,19)(H,17,18). The Morgan fingerprint density at radius 1 is 1.26 bits per heavy atom. The number of rotatable bonds is 6. The van der Waals surface area contributed by atoms with Gasteiger partial charge in [0, 0.05) is 18.4 Å². The van der Waals surface area contributed by atoms with E-state index >= 15 is 0 Å². The van der Waals surface area contributed by atoms with Gasteiger partial charge in [0.25, 0.3) is 0 Å². The molecule has 100 valence electrons. The molecule has 19 heavy (non-hydrogen) atoms. The van der Waals surface area contributed by atoms with Crippen molar-refractivity contribution in [3.63, 3.8) is 0 Å². The van der Waals surface area contributed by atoms with Crippen molar-refractivity contribution in [2.75, 3.05) is 17.6 Å². The van der Waals surface area contributed by atoms with Crippen LogP contribution in [0.2, 0.25) is 0 Å². The van der Waals surface area contributed by atoms with Crippen molar-refractivity contribution < 1.29 is 4.79 Å². The SMILES string of the molecule is NC(=O)CCCCNc1c(N)cnc2ccccc12. The molecule has 0 fully saturated rings. The van der Waals surface area contributed by atoms with Crippen LogP contribution < -0.4 is 16.8 Å². The number of benzene rings is 1. The van der Waals surface area contributed by atoms with Crippen LogP contribution in [0.25, 0.3) is 10.9 Å². The topological polar surface area (TPSA) is 94.0 Å². The number of aromatic nitrogens is 1. The summed E-state index contributed by atoms with van der Waals surface area (Å²) in [6, 6.07) is 7.85. The normalized spacial score (nSPS) is 10.5. The summed E-state index contributed by atoms with van der Waals surface area (Å²) < 4.78 is 0. The first-order chi connectivity index (χ1) is 9.18. The van der Waals surface area contributed by atoms with E-state index in [9.17, 15) is 4.79 Å². The lowest BCUT2D eigenvalue weighted by molar-refractivity contribution is -0.118. The van der Waals surface area contributed by atoms with Crippen molar-refractivity contribution in [3.8, 4) is 0 Å². The average Bonchev–Trinajstić information content (AvgIpc) is 2.40. The molecule has 1 amide bonds. The first-order valence-electron chi connectivity index (χ1n) is 6.34.